The van der Waals surface area contributed by atoms with E-state index in [-0.39, 0.29) is 45.8 Å². The number of unbranched alkanes of at least 4 members (excludes halogenated alkanes) is 5. The second-order valence-corrected chi connectivity index (χ2v) is 28.1. The summed E-state index contributed by atoms with van der Waals surface area (Å²) in [5.41, 5.74) is 0.606. The number of alkyl halides is 1. The zero-order valence-corrected chi connectivity index (χ0v) is 54.8. The molecule has 480 valence electrons. The molecule has 3 saturated heterocycles. The number of fused-ring (bicyclic) bond motifs is 2. The molecule has 0 radical (unpaired) electrons. The first kappa shape index (κ1) is 66.7. The number of hydrogen-bond acceptors (Lipinski definition) is 13. The molecule has 0 N–H and O–H groups in total. The van der Waals surface area contributed by atoms with Crippen LogP contribution in [0.2, 0.25) is 0 Å². The second-order valence-electron chi connectivity index (χ2n) is 27.3. The normalized spacial score (nSPS) is 25.2. The summed E-state index contributed by atoms with van der Waals surface area (Å²) >= 11 is 3.57. The number of carbonyl (C=O) groups is 4. The molecular formula is C70H95BrN4O13. The Morgan fingerprint density at radius 3 is 1.52 bits per heavy atom. The summed E-state index contributed by atoms with van der Waals surface area (Å²) in [6.45, 7) is 17.4. The molecule has 9 rings (SSSR count). The lowest BCUT2D eigenvalue weighted by molar-refractivity contribution is -0.320. The average molecular weight is 1280 g/mol. The van der Waals surface area contributed by atoms with Crippen LogP contribution < -0.4 is 0 Å². The lowest BCUT2D eigenvalue weighted by Gasteiger charge is -2.54. The van der Waals surface area contributed by atoms with Gasteiger partial charge in [0.15, 0.2) is 18.2 Å². The first-order chi connectivity index (χ1) is 42.1. The first-order valence-electron chi connectivity index (χ1n) is 32.0. The Morgan fingerprint density at radius 2 is 1.01 bits per heavy atom. The van der Waals surface area contributed by atoms with Crippen molar-refractivity contribution in [2.75, 3.05) is 18.5 Å². The van der Waals surface area contributed by atoms with E-state index in [2.05, 4.69) is 15.9 Å². The van der Waals surface area contributed by atoms with Gasteiger partial charge < -0.3 is 47.5 Å². The van der Waals surface area contributed by atoms with Gasteiger partial charge in [0.05, 0.1) is 18.6 Å². The highest BCUT2D eigenvalue weighted by Crippen LogP contribution is 2.49. The van der Waals surface area contributed by atoms with Crippen molar-refractivity contribution in [1.82, 2.24) is 19.6 Å². The van der Waals surface area contributed by atoms with Crippen LogP contribution in [0.5, 0.6) is 0 Å². The van der Waals surface area contributed by atoms with Gasteiger partial charge in [0, 0.05) is 51.0 Å². The number of ether oxygens (including phenoxy) is 9. The van der Waals surface area contributed by atoms with E-state index in [1.54, 1.807) is 19.6 Å². The maximum absolute atomic E-state index is 15.6. The molecule has 1 spiro atoms. The van der Waals surface area contributed by atoms with Crippen molar-refractivity contribution < 1.29 is 61.8 Å². The van der Waals surface area contributed by atoms with Crippen LogP contribution in [0, 0.1) is 0 Å². The number of hydrogen-bond donors (Lipinski definition) is 0. The predicted molar refractivity (Wildman–Crippen MR) is 338 cm³/mol. The van der Waals surface area contributed by atoms with E-state index in [0.717, 1.165) is 79.0 Å². The van der Waals surface area contributed by atoms with Gasteiger partial charge in [0.2, 0.25) is 0 Å². The van der Waals surface area contributed by atoms with Crippen LogP contribution in [0.4, 0.5) is 19.2 Å². The van der Waals surface area contributed by atoms with Crippen molar-refractivity contribution in [2.45, 2.75) is 249 Å². The molecule has 4 amide bonds. The van der Waals surface area contributed by atoms with Gasteiger partial charge in [-0.05, 0) is 117 Å². The van der Waals surface area contributed by atoms with Gasteiger partial charge in [-0.2, -0.15) is 0 Å². The highest BCUT2D eigenvalue weighted by molar-refractivity contribution is 9.09. The summed E-state index contributed by atoms with van der Waals surface area (Å²) in [5.74, 6) is -1.08. The van der Waals surface area contributed by atoms with Crippen molar-refractivity contribution in [3.63, 3.8) is 0 Å². The maximum Gasteiger partial charge on any atom is 0.411 e. The van der Waals surface area contributed by atoms with Crippen molar-refractivity contribution in [1.29, 1.82) is 0 Å². The van der Waals surface area contributed by atoms with E-state index in [4.69, 9.17) is 42.6 Å². The summed E-state index contributed by atoms with van der Waals surface area (Å²) < 4.78 is 63.3. The Labute approximate surface area is 530 Å². The minimum absolute atomic E-state index is 0.0237. The standard InChI is InChI=1S/C70H95BrN4O13/c1-67(2,3)86-64(77)73(45-50-33-21-15-22-34-50)53-43-54(74(65(78)87-68(4,5)6)46-51-35-23-16-24-36-51)58-61(85-70(84-58)39-27-18-28-40-70)57(53)82-62-56(75(66(79)88-69(7,8)9)47-52-37-25-17-26-38-52)60(80-42-30-13-11-10-12-29-41-71)59-55(81-62)48-72(63(76)83-59)44-49-31-19-14-20-32-49/h14-17,19-26,31-38,53-62H,10-13,18,27-30,39-48H2,1-9H3/t53-,54+,55+,56+,57+,58-,59+,60+,61-,62+/m0/s1. The molecule has 0 bridgehead atoms. The number of rotatable bonds is 22. The van der Waals surface area contributed by atoms with Crippen molar-refractivity contribution in [3.05, 3.63) is 144 Å². The van der Waals surface area contributed by atoms with Crippen LogP contribution >= 0.6 is 15.9 Å². The van der Waals surface area contributed by atoms with Gasteiger partial charge >= 0.3 is 24.4 Å². The molecule has 3 heterocycles. The topological polar surface area (TPSA) is 164 Å². The molecule has 88 heavy (non-hydrogen) atoms. The number of halogens is 1. The molecule has 3 aliphatic heterocycles. The monoisotopic (exact) mass is 1280 g/mol. The molecule has 2 aliphatic carbocycles. The van der Waals surface area contributed by atoms with Crippen molar-refractivity contribution in [3.8, 4) is 0 Å². The number of carbonyl (C=O) groups excluding carboxylic acids is 4. The molecule has 5 aliphatic rings. The smallest absolute Gasteiger partial charge is 0.411 e. The van der Waals surface area contributed by atoms with E-state index in [1.165, 1.54) is 0 Å². The maximum atomic E-state index is 15.6. The fourth-order valence-corrected chi connectivity index (χ4v) is 13.2. The number of benzene rings is 4. The Kier molecular flexibility index (Phi) is 22.7. The van der Waals surface area contributed by atoms with Crippen LogP contribution in [0.25, 0.3) is 0 Å². The van der Waals surface area contributed by atoms with Crippen LogP contribution in [-0.4, -0.2) is 146 Å². The zero-order chi connectivity index (χ0) is 62.6. The summed E-state index contributed by atoms with van der Waals surface area (Å²) in [6, 6.07) is 36.0. The minimum atomic E-state index is -1.37. The number of nitrogens with zero attached hydrogens (tertiary/aromatic N) is 4. The molecule has 17 nitrogen and oxygen atoms in total. The number of amides is 4. The van der Waals surface area contributed by atoms with Crippen molar-refractivity contribution >= 4 is 40.3 Å². The summed E-state index contributed by atoms with van der Waals surface area (Å²) in [4.78, 5) is 67.5. The van der Waals surface area contributed by atoms with Gasteiger partial charge in [-0.25, -0.2) is 19.2 Å². The molecule has 4 aromatic carbocycles. The molecule has 0 aromatic heterocycles. The molecule has 0 unspecified atom stereocenters. The van der Waals surface area contributed by atoms with Gasteiger partial charge in [-0.3, -0.25) is 14.7 Å². The predicted octanol–water partition coefficient (Wildman–Crippen LogP) is 14.5. The van der Waals surface area contributed by atoms with Crippen LogP contribution in [0.15, 0.2) is 121 Å². The van der Waals surface area contributed by atoms with E-state index in [1.807, 2.05) is 184 Å². The lowest BCUT2D eigenvalue weighted by Crippen LogP contribution is -2.72. The Balaban J connectivity index is 1.23. The van der Waals surface area contributed by atoms with Gasteiger partial charge in [0.25, 0.3) is 0 Å². The molecule has 5 fully saturated rings. The molecule has 4 aromatic rings. The SMILES string of the molecule is CC(C)(C)OC(=O)N(Cc1ccccc1)[C@H]1[C@@H](O[C@H]2[C@@H]3OC4(CCCCC4)O[C@H]3[C@H](N(Cc3ccccc3)C(=O)OC(C)(C)C)C[C@@H]2N(Cc2ccccc2)C(=O)OC(C)(C)C)O[C@@H]2CN(Cc3ccccc3)C(=O)O[C@H]2[C@@H]1OCCCCCCCCBr. The third kappa shape index (κ3) is 18.0. The van der Waals surface area contributed by atoms with Crippen LogP contribution in [0.3, 0.4) is 0 Å². The van der Waals surface area contributed by atoms with E-state index >= 15 is 14.4 Å². The highest BCUT2D eigenvalue weighted by Gasteiger charge is 2.64. The Morgan fingerprint density at radius 1 is 0.557 bits per heavy atom. The third-order valence-corrected chi connectivity index (χ3v) is 17.3. The summed E-state index contributed by atoms with van der Waals surface area (Å²) in [6.07, 6.45) is 0.239. The van der Waals surface area contributed by atoms with Gasteiger partial charge in [-0.1, -0.05) is 169 Å². The van der Waals surface area contributed by atoms with Gasteiger partial charge in [0.1, 0.15) is 53.4 Å². The van der Waals surface area contributed by atoms with E-state index in [9.17, 15) is 4.79 Å². The average Bonchev–Trinajstić information content (AvgIpc) is 1.51. The fraction of sp³-hybridized carbons (Fsp3) is 0.600. The Hall–Kier alpha value is -5.76. The zero-order valence-electron chi connectivity index (χ0n) is 53.2. The second kappa shape index (κ2) is 29.9. The third-order valence-electron chi connectivity index (χ3n) is 16.7. The molecular weight excluding hydrogens is 1180 g/mol. The van der Waals surface area contributed by atoms with E-state index in [0.29, 0.717) is 19.3 Å². The summed E-state index contributed by atoms with van der Waals surface area (Å²) in [5, 5.41) is 0.958. The lowest BCUT2D eigenvalue weighted by atomic mass is 9.81. The van der Waals surface area contributed by atoms with Crippen LogP contribution in [0.1, 0.15) is 162 Å². The molecule has 10 atom stereocenters. The molecule has 2 saturated carbocycles. The quantitative estimate of drug-likeness (QED) is 0.0415. The fourth-order valence-electron chi connectivity index (χ4n) is 12.8. The highest BCUT2D eigenvalue weighted by atomic mass is 79.9. The minimum Gasteiger partial charge on any atom is -0.444 e. The molecule has 18 heteroatoms. The van der Waals surface area contributed by atoms with Crippen molar-refractivity contribution in [2.24, 2.45) is 0 Å². The van der Waals surface area contributed by atoms with Crippen LogP contribution in [-0.2, 0) is 68.8 Å². The summed E-state index contributed by atoms with van der Waals surface area (Å²) in [7, 11) is 0. The Bertz CT molecular complexity index is 2850. The van der Waals surface area contributed by atoms with E-state index < -0.39 is 108 Å². The van der Waals surface area contributed by atoms with Gasteiger partial charge in [-0.15, -0.1) is 0 Å². The first-order valence-corrected chi connectivity index (χ1v) is 33.1. The largest absolute Gasteiger partial charge is 0.444 e.